The summed E-state index contributed by atoms with van der Waals surface area (Å²) in [6.45, 7) is 4.83. The quantitative estimate of drug-likeness (QED) is 0.907. The number of anilines is 1. The third kappa shape index (κ3) is 3.83. The third-order valence-corrected chi connectivity index (χ3v) is 5.25. The van der Waals surface area contributed by atoms with Crippen LogP contribution in [-0.4, -0.2) is 48.9 Å². The summed E-state index contributed by atoms with van der Waals surface area (Å²) in [5.74, 6) is 0.423. The summed E-state index contributed by atoms with van der Waals surface area (Å²) in [4.78, 5) is 28.0. The fourth-order valence-electron chi connectivity index (χ4n) is 3.66. The van der Waals surface area contributed by atoms with Crippen LogP contribution in [0.5, 0.6) is 0 Å². The van der Waals surface area contributed by atoms with E-state index in [0.29, 0.717) is 19.0 Å². The lowest BCUT2D eigenvalue weighted by Gasteiger charge is -2.23. The van der Waals surface area contributed by atoms with E-state index in [1.54, 1.807) is 4.90 Å². The van der Waals surface area contributed by atoms with Crippen LogP contribution in [0, 0.1) is 5.92 Å². The number of amides is 2. The van der Waals surface area contributed by atoms with E-state index < -0.39 is 0 Å². The van der Waals surface area contributed by atoms with Gasteiger partial charge in [-0.1, -0.05) is 11.6 Å². The van der Waals surface area contributed by atoms with Crippen molar-refractivity contribution in [3.05, 3.63) is 29.3 Å². The van der Waals surface area contributed by atoms with Gasteiger partial charge in [0.2, 0.25) is 11.8 Å². The Kier molecular flexibility index (Phi) is 5.29. The molecule has 0 bridgehead atoms. The van der Waals surface area contributed by atoms with Crippen LogP contribution >= 0.6 is 11.6 Å². The molecule has 6 heteroatoms. The van der Waals surface area contributed by atoms with Crippen molar-refractivity contribution in [3.8, 4) is 0 Å². The van der Waals surface area contributed by atoms with Gasteiger partial charge in [0.15, 0.2) is 0 Å². The van der Waals surface area contributed by atoms with Crippen LogP contribution in [0.25, 0.3) is 0 Å². The highest BCUT2D eigenvalue weighted by Crippen LogP contribution is 2.25. The fourth-order valence-corrected chi connectivity index (χ4v) is 3.79. The molecule has 2 fully saturated rings. The zero-order valence-electron chi connectivity index (χ0n) is 14.0. The van der Waals surface area contributed by atoms with E-state index in [9.17, 15) is 9.59 Å². The molecule has 0 aliphatic carbocycles. The van der Waals surface area contributed by atoms with Gasteiger partial charge in [-0.2, -0.15) is 0 Å². The SMILES string of the molecule is CC(=O)N1CCC[C@H]1C(=O)NC[C@H]1CCN(c2ccc(Cl)cc2)C1. The second kappa shape index (κ2) is 7.43. The molecule has 0 saturated carbocycles. The molecule has 24 heavy (non-hydrogen) atoms. The number of halogens is 1. The Hall–Kier alpha value is -1.75. The standard InChI is InChI=1S/C18H24ClN3O2/c1-13(23)22-9-2-3-17(22)18(24)20-11-14-8-10-21(12-14)16-6-4-15(19)5-7-16/h4-7,14,17H,2-3,8-12H2,1H3,(H,20,24)/t14-,17+/m1/s1. The van der Waals surface area contributed by atoms with Crippen LogP contribution in [-0.2, 0) is 9.59 Å². The van der Waals surface area contributed by atoms with Crippen molar-refractivity contribution in [2.75, 3.05) is 31.1 Å². The molecule has 2 saturated heterocycles. The minimum atomic E-state index is -0.281. The minimum Gasteiger partial charge on any atom is -0.371 e. The second-order valence-corrected chi connectivity index (χ2v) is 7.13. The number of hydrogen-bond acceptors (Lipinski definition) is 3. The van der Waals surface area contributed by atoms with E-state index in [2.05, 4.69) is 10.2 Å². The Morgan fingerprint density at radius 1 is 1.21 bits per heavy atom. The summed E-state index contributed by atoms with van der Waals surface area (Å²) in [6.07, 6.45) is 2.74. The highest BCUT2D eigenvalue weighted by Gasteiger charge is 2.33. The molecule has 1 N–H and O–H groups in total. The van der Waals surface area contributed by atoms with Crippen LogP contribution in [0.2, 0.25) is 5.02 Å². The maximum Gasteiger partial charge on any atom is 0.242 e. The summed E-state index contributed by atoms with van der Waals surface area (Å²) in [6, 6.07) is 7.60. The van der Waals surface area contributed by atoms with Gasteiger partial charge in [-0.05, 0) is 49.4 Å². The Morgan fingerprint density at radius 3 is 2.67 bits per heavy atom. The Bertz CT molecular complexity index is 605. The molecule has 130 valence electrons. The van der Waals surface area contributed by atoms with E-state index in [-0.39, 0.29) is 17.9 Å². The second-order valence-electron chi connectivity index (χ2n) is 6.69. The number of rotatable bonds is 4. The van der Waals surface area contributed by atoms with Crippen molar-refractivity contribution in [1.82, 2.24) is 10.2 Å². The molecule has 0 spiro atoms. The molecular weight excluding hydrogens is 326 g/mol. The van der Waals surface area contributed by atoms with Gasteiger partial charge in [0.25, 0.3) is 0 Å². The Balaban J connectivity index is 1.48. The molecule has 0 radical (unpaired) electrons. The summed E-state index contributed by atoms with van der Waals surface area (Å²) in [5.41, 5.74) is 1.17. The van der Waals surface area contributed by atoms with Gasteiger partial charge >= 0.3 is 0 Å². The molecule has 0 unspecified atom stereocenters. The lowest BCUT2D eigenvalue weighted by Crippen LogP contribution is -2.46. The van der Waals surface area contributed by atoms with Crippen molar-refractivity contribution in [1.29, 1.82) is 0 Å². The first-order valence-corrected chi connectivity index (χ1v) is 8.98. The molecule has 3 rings (SSSR count). The van der Waals surface area contributed by atoms with Gasteiger partial charge < -0.3 is 15.1 Å². The molecule has 2 aliphatic heterocycles. The maximum absolute atomic E-state index is 12.4. The maximum atomic E-state index is 12.4. The number of nitrogens with one attached hydrogen (secondary N) is 1. The molecule has 1 aromatic carbocycles. The average Bonchev–Trinajstić information content (AvgIpc) is 3.22. The van der Waals surface area contributed by atoms with E-state index in [4.69, 9.17) is 11.6 Å². The summed E-state index contributed by atoms with van der Waals surface area (Å²) in [5, 5.41) is 3.80. The van der Waals surface area contributed by atoms with Crippen LogP contribution in [0.4, 0.5) is 5.69 Å². The normalized spacial score (nSPS) is 23.6. The first kappa shape index (κ1) is 17.1. The molecule has 0 aromatic heterocycles. The topological polar surface area (TPSA) is 52.7 Å². The molecule has 5 nitrogen and oxygen atoms in total. The molecule has 2 aliphatic rings. The zero-order chi connectivity index (χ0) is 17.1. The first-order valence-electron chi connectivity index (χ1n) is 8.60. The van der Waals surface area contributed by atoms with Gasteiger partial charge in [0, 0.05) is 43.8 Å². The summed E-state index contributed by atoms with van der Waals surface area (Å²) >= 11 is 5.93. The van der Waals surface area contributed by atoms with Gasteiger partial charge in [-0.3, -0.25) is 9.59 Å². The van der Waals surface area contributed by atoms with Gasteiger partial charge in [-0.25, -0.2) is 0 Å². The molecule has 2 amide bonds. The predicted molar refractivity (Wildman–Crippen MR) is 95.2 cm³/mol. The lowest BCUT2D eigenvalue weighted by atomic mass is 10.1. The van der Waals surface area contributed by atoms with E-state index in [1.165, 1.54) is 12.6 Å². The number of likely N-dealkylation sites (tertiary alicyclic amines) is 1. The minimum absolute atomic E-state index is 0.00681. The number of benzene rings is 1. The lowest BCUT2D eigenvalue weighted by molar-refractivity contribution is -0.136. The smallest absolute Gasteiger partial charge is 0.242 e. The third-order valence-electron chi connectivity index (χ3n) is 5.00. The Morgan fingerprint density at radius 2 is 1.96 bits per heavy atom. The van der Waals surface area contributed by atoms with Crippen LogP contribution in [0.1, 0.15) is 26.2 Å². The zero-order valence-corrected chi connectivity index (χ0v) is 14.8. The monoisotopic (exact) mass is 349 g/mol. The average molecular weight is 350 g/mol. The molecule has 2 atom stereocenters. The Labute approximate surface area is 147 Å². The summed E-state index contributed by atoms with van der Waals surface area (Å²) < 4.78 is 0. The van der Waals surface area contributed by atoms with Crippen molar-refractivity contribution in [2.24, 2.45) is 5.92 Å². The predicted octanol–water partition coefficient (Wildman–Crippen LogP) is 2.29. The van der Waals surface area contributed by atoms with Crippen molar-refractivity contribution in [3.63, 3.8) is 0 Å². The molecule has 2 heterocycles. The first-order chi connectivity index (χ1) is 11.5. The fraction of sp³-hybridized carbons (Fsp3) is 0.556. The van der Waals surface area contributed by atoms with E-state index in [1.807, 2.05) is 24.3 Å². The summed E-state index contributed by atoms with van der Waals surface area (Å²) in [7, 11) is 0. The number of nitrogens with zero attached hydrogens (tertiary/aromatic N) is 2. The number of carbonyl (C=O) groups is 2. The largest absolute Gasteiger partial charge is 0.371 e. The van der Waals surface area contributed by atoms with Gasteiger partial charge in [0.1, 0.15) is 6.04 Å². The molecule has 1 aromatic rings. The van der Waals surface area contributed by atoms with Crippen LogP contribution < -0.4 is 10.2 Å². The van der Waals surface area contributed by atoms with Crippen molar-refractivity contribution in [2.45, 2.75) is 32.2 Å². The van der Waals surface area contributed by atoms with Gasteiger partial charge in [0.05, 0.1) is 0 Å². The van der Waals surface area contributed by atoms with Crippen LogP contribution in [0.15, 0.2) is 24.3 Å². The van der Waals surface area contributed by atoms with Crippen molar-refractivity contribution < 1.29 is 9.59 Å². The van der Waals surface area contributed by atoms with Gasteiger partial charge in [-0.15, -0.1) is 0 Å². The van der Waals surface area contributed by atoms with E-state index >= 15 is 0 Å². The number of hydrogen-bond donors (Lipinski definition) is 1. The van der Waals surface area contributed by atoms with Crippen LogP contribution in [0.3, 0.4) is 0 Å². The number of carbonyl (C=O) groups excluding carboxylic acids is 2. The highest BCUT2D eigenvalue weighted by atomic mass is 35.5. The van der Waals surface area contributed by atoms with E-state index in [0.717, 1.165) is 37.4 Å². The van der Waals surface area contributed by atoms with Crippen molar-refractivity contribution >= 4 is 29.1 Å². The highest BCUT2D eigenvalue weighted by molar-refractivity contribution is 6.30. The molecular formula is C18H24ClN3O2.